The second kappa shape index (κ2) is 7.47. The number of amides is 1. The Labute approximate surface area is 135 Å². The molecule has 0 aliphatic carbocycles. The average Bonchev–Trinajstić information content (AvgIpc) is 2.56. The molecule has 0 atom stereocenters. The maximum Gasteiger partial charge on any atom is 0.225 e. The summed E-state index contributed by atoms with van der Waals surface area (Å²) in [6.45, 7) is 4.45. The molecule has 120 valence electrons. The molecule has 5 heteroatoms. The minimum Gasteiger partial charge on any atom is -0.341 e. The Morgan fingerprint density at radius 2 is 1.91 bits per heavy atom. The van der Waals surface area contributed by atoms with Crippen LogP contribution in [-0.4, -0.2) is 53.4 Å². The average molecular weight is 322 g/mol. The van der Waals surface area contributed by atoms with E-state index >= 15 is 0 Å². The van der Waals surface area contributed by atoms with Crippen LogP contribution in [0.5, 0.6) is 0 Å². The summed E-state index contributed by atoms with van der Waals surface area (Å²) in [5.41, 5.74) is 1.01. The largest absolute Gasteiger partial charge is 0.341 e. The van der Waals surface area contributed by atoms with Crippen molar-refractivity contribution >= 4 is 17.7 Å². The molecule has 0 unspecified atom stereocenters. The van der Waals surface area contributed by atoms with Crippen LogP contribution in [0.1, 0.15) is 18.4 Å². The summed E-state index contributed by atoms with van der Waals surface area (Å²) in [6, 6.07) is 6.80. The van der Waals surface area contributed by atoms with Crippen LogP contribution in [0.15, 0.2) is 24.3 Å². The van der Waals surface area contributed by atoms with Crippen LogP contribution < -0.4 is 0 Å². The first-order valence-corrected chi connectivity index (χ1v) is 9.21. The van der Waals surface area contributed by atoms with Gasteiger partial charge in [-0.25, -0.2) is 4.39 Å². The molecule has 3 rings (SSSR count). The molecule has 0 N–H and O–H groups in total. The third-order valence-corrected chi connectivity index (χ3v) is 5.50. The smallest absolute Gasteiger partial charge is 0.225 e. The highest BCUT2D eigenvalue weighted by Gasteiger charge is 2.29. The first-order chi connectivity index (χ1) is 10.7. The molecule has 1 aromatic rings. The second-order valence-electron chi connectivity index (χ2n) is 6.12. The van der Waals surface area contributed by atoms with Crippen molar-refractivity contribution in [1.29, 1.82) is 0 Å². The van der Waals surface area contributed by atoms with Crippen LogP contribution in [0.3, 0.4) is 0 Å². The lowest BCUT2D eigenvalue weighted by molar-refractivity contribution is -0.136. The molecule has 2 aliphatic rings. The Balaban J connectivity index is 1.48. The van der Waals surface area contributed by atoms with Crippen molar-refractivity contribution < 1.29 is 9.18 Å². The van der Waals surface area contributed by atoms with Crippen molar-refractivity contribution in [1.82, 2.24) is 9.80 Å². The molecule has 0 aromatic heterocycles. The standard InChI is InChI=1S/C17H23FN2OS/c18-16-3-1-2-14(12-16)13-19-6-4-15(5-7-19)17(21)20-8-10-22-11-9-20/h1-3,12,15H,4-11,13H2. The summed E-state index contributed by atoms with van der Waals surface area (Å²) in [5.74, 6) is 2.51. The number of halogens is 1. The third-order valence-electron chi connectivity index (χ3n) is 4.55. The van der Waals surface area contributed by atoms with E-state index in [-0.39, 0.29) is 11.7 Å². The van der Waals surface area contributed by atoms with E-state index in [2.05, 4.69) is 4.90 Å². The summed E-state index contributed by atoms with van der Waals surface area (Å²) < 4.78 is 13.2. The molecule has 2 aliphatic heterocycles. The van der Waals surface area contributed by atoms with Gasteiger partial charge in [0.2, 0.25) is 5.91 Å². The van der Waals surface area contributed by atoms with Gasteiger partial charge in [-0.1, -0.05) is 12.1 Å². The molecule has 2 saturated heterocycles. The molecular formula is C17H23FN2OS. The highest BCUT2D eigenvalue weighted by Crippen LogP contribution is 2.23. The Hall–Kier alpha value is -1.07. The van der Waals surface area contributed by atoms with E-state index in [9.17, 15) is 9.18 Å². The highest BCUT2D eigenvalue weighted by atomic mass is 32.2. The molecule has 3 nitrogen and oxygen atoms in total. The Kier molecular flexibility index (Phi) is 5.37. The van der Waals surface area contributed by atoms with E-state index in [0.717, 1.165) is 62.6 Å². The summed E-state index contributed by atoms with van der Waals surface area (Å²) in [6.07, 6.45) is 1.86. The number of carbonyl (C=O) groups is 1. The zero-order valence-electron chi connectivity index (χ0n) is 12.8. The van der Waals surface area contributed by atoms with Crippen molar-refractivity contribution in [3.05, 3.63) is 35.6 Å². The number of hydrogen-bond acceptors (Lipinski definition) is 3. The summed E-state index contributed by atoms with van der Waals surface area (Å²) in [5, 5.41) is 0. The number of thioether (sulfide) groups is 1. The van der Waals surface area contributed by atoms with Crippen LogP contribution in [0, 0.1) is 11.7 Å². The van der Waals surface area contributed by atoms with Gasteiger partial charge >= 0.3 is 0 Å². The van der Waals surface area contributed by atoms with Gasteiger partial charge < -0.3 is 4.90 Å². The second-order valence-corrected chi connectivity index (χ2v) is 7.34. The first-order valence-electron chi connectivity index (χ1n) is 8.06. The molecule has 0 bridgehead atoms. The van der Waals surface area contributed by atoms with E-state index in [1.807, 2.05) is 22.7 Å². The molecule has 1 amide bonds. The highest BCUT2D eigenvalue weighted by molar-refractivity contribution is 7.99. The SMILES string of the molecule is O=C(C1CCN(Cc2cccc(F)c2)CC1)N1CCSCC1. The van der Waals surface area contributed by atoms with Crippen LogP contribution in [0.4, 0.5) is 4.39 Å². The minimum atomic E-state index is -0.175. The minimum absolute atomic E-state index is 0.175. The van der Waals surface area contributed by atoms with Gasteiger partial charge in [0.25, 0.3) is 0 Å². The molecular weight excluding hydrogens is 299 g/mol. The van der Waals surface area contributed by atoms with Crippen molar-refractivity contribution in [3.63, 3.8) is 0 Å². The van der Waals surface area contributed by atoms with Gasteiger partial charge in [0.1, 0.15) is 5.82 Å². The van der Waals surface area contributed by atoms with E-state index in [0.29, 0.717) is 5.91 Å². The van der Waals surface area contributed by atoms with Gasteiger partial charge in [0.15, 0.2) is 0 Å². The van der Waals surface area contributed by atoms with Crippen LogP contribution >= 0.6 is 11.8 Å². The van der Waals surface area contributed by atoms with Gasteiger partial charge in [-0.2, -0.15) is 11.8 Å². The normalized spacial score (nSPS) is 21.0. The monoisotopic (exact) mass is 322 g/mol. The maximum absolute atomic E-state index is 13.2. The number of nitrogens with zero attached hydrogens (tertiary/aromatic N) is 2. The molecule has 0 spiro atoms. The van der Waals surface area contributed by atoms with Gasteiger partial charge in [0, 0.05) is 37.1 Å². The predicted molar refractivity (Wildman–Crippen MR) is 88.3 cm³/mol. The predicted octanol–water partition coefficient (Wildman–Crippen LogP) is 2.61. The summed E-state index contributed by atoms with van der Waals surface area (Å²) in [4.78, 5) is 16.9. The lowest BCUT2D eigenvalue weighted by Crippen LogP contribution is -2.45. The molecule has 2 fully saturated rings. The number of carbonyl (C=O) groups excluding carboxylic acids is 1. The van der Waals surface area contributed by atoms with Crippen molar-refractivity contribution in [2.24, 2.45) is 5.92 Å². The molecule has 0 radical (unpaired) electrons. The van der Waals surface area contributed by atoms with E-state index < -0.39 is 0 Å². The fourth-order valence-electron chi connectivity index (χ4n) is 3.27. The zero-order chi connectivity index (χ0) is 15.4. The quantitative estimate of drug-likeness (QED) is 0.855. The first kappa shape index (κ1) is 15.8. The fraction of sp³-hybridized carbons (Fsp3) is 0.588. The number of likely N-dealkylation sites (tertiary alicyclic amines) is 1. The van der Waals surface area contributed by atoms with Crippen molar-refractivity contribution in [2.75, 3.05) is 37.7 Å². The van der Waals surface area contributed by atoms with Gasteiger partial charge in [-0.3, -0.25) is 9.69 Å². The van der Waals surface area contributed by atoms with Crippen LogP contribution in [0.25, 0.3) is 0 Å². The molecule has 2 heterocycles. The van der Waals surface area contributed by atoms with Crippen LogP contribution in [0.2, 0.25) is 0 Å². The lowest BCUT2D eigenvalue weighted by Gasteiger charge is -2.35. The summed E-state index contributed by atoms with van der Waals surface area (Å²) >= 11 is 1.93. The van der Waals surface area contributed by atoms with E-state index in [1.165, 1.54) is 6.07 Å². The number of hydrogen-bond donors (Lipinski definition) is 0. The van der Waals surface area contributed by atoms with Gasteiger partial charge in [0.05, 0.1) is 0 Å². The van der Waals surface area contributed by atoms with Crippen molar-refractivity contribution in [3.8, 4) is 0 Å². The molecule has 22 heavy (non-hydrogen) atoms. The number of benzene rings is 1. The molecule has 0 saturated carbocycles. The maximum atomic E-state index is 13.2. The fourth-order valence-corrected chi connectivity index (χ4v) is 4.18. The zero-order valence-corrected chi connectivity index (χ0v) is 13.7. The lowest BCUT2D eigenvalue weighted by atomic mass is 9.95. The Bertz CT molecular complexity index is 511. The van der Waals surface area contributed by atoms with Gasteiger partial charge in [-0.05, 0) is 43.6 Å². The van der Waals surface area contributed by atoms with E-state index in [1.54, 1.807) is 12.1 Å². The number of piperidine rings is 1. The Morgan fingerprint density at radius 1 is 1.18 bits per heavy atom. The number of rotatable bonds is 3. The van der Waals surface area contributed by atoms with Crippen LogP contribution in [-0.2, 0) is 11.3 Å². The van der Waals surface area contributed by atoms with Gasteiger partial charge in [-0.15, -0.1) is 0 Å². The third kappa shape index (κ3) is 4.02. The topological polar surface area (TPSA) is 23.6 Å². The Morgan fingerprint density at radius 3 is 2.59 bits per heavy atom. The summed E-state index contributed by atoms with van der Waals surface area (Å²) in [7, 11) is 0. The van der Waals surface area contributed by atoms with Crippen molar-refractivity contribution in [2.45, 2.75) is 19.4 Å². The molecule has 1 aromatic carbocycles. The van der Waals surface area contributed by atoms with E-state index in [4.69, 9.17) is 0 Å².